The van der Waals surface area contributed by atoms with Crippen LogP contribution in [0.4, 0.5) is 5.69 Å². The standard InChI is InChI=1S/C22H22N4O5/c1-30-16-8-6-15(7-9-16)25-10-12-26(13-11-25)19(27)14-31-22(29)20-17-4-2-3-5-18(17)21(28)24-23-20/h2-9H,10-14H2,1H3,(H,24,28). The van der Waals surface area contributed by atoms with E-state index in [1.54, 1.807) is 36.3 Å². The van der Waals surface area contributed by atoms with Crippen LogP contribution in [-0.4, -0.2) is 66.9 Å². The molecule has 160 valence electrons. The van der Waals surface area contributed by atoms with Gasteiger partial charge in [0, 0.05) is 37.3 Å². The maximum absolute atomic E-state index is 12.5. The Kier molecular flexibility index (Phi) is 5.83. The van der Waals surface area contributed by atoms with Crippen molar-refractivity contribution in [2.24, 2.45) is 0 Å². The summed E-state index contributed by atoms with van der Waals surface area (Å²) in [6.45, 7) is 2.04. The molecule has 0 spiro atoms. The Bertz CT molecular complexity index is 1150. The van der Waals surface area contributed by atoms with Crippen LogP contribution in [0.5, 0.6) is 5.75 Å². The number of methoxy groups -OCH3 is 1. The lowest BCUT2D eigenvalue weighted by molar-refractivity contribution is -0.134. The number of rotatable bonds is 5. The summed E-state index contributed by atoms with van der Waals surface area (Å²) in [5.41, 5.74) is 0.653. The van der Waals surface area contributed by atoms with Gasteiger partial charge in [0.05, 0.1) is 12.5 Å². The molecule has 0 saturated carbocycles. The number of hydrogen-bond donors (Lipinski definition) is 1. The van der Waals surface area contributed by atoms with E-state index < -0.39 is 11.5 Å². The first-order valence-corrected chi connectivity index (χ1v) is 9.88. The largest absolute Gasteiger partial charge is 0.497 e. The summed E-state index contributed by atoms with van der Waals surface area (Å²) in [7, 11) is 1.63. The van der Waals surface area contributed by atoms with Gasteiger partial charge in [0.25, 0.3) is 11.5 Å². The Labute approximate surface area is 178 Å². The predicted octanol–water partition coefficient (Wildman–Crippen LogP) is 1.44. The average molecular weight is 422 g/mol. The number of carbonyl (C=O) groups excluding carboxylic acids is 2. The van der Waals surface area contributed by atoms with Crippen molar-refractivity contribution in [1.29, 1.82) is 0 Å². The second-order valence-corrected chi connectivity index (χ2v) is 7.09. The normalized spacial score (nSPS) is 13.8. The summed E-state index contributed by atoms with van der Waals surface area (Å²) in [4.78, 5) is 40.7. The van der Waals surface area contributed by atoms with Crippen molar-refractivity contribution in [1.82, 2.24) is 15.1 Å². The number of nitrogens with one attached hydrogen (secondary N) is 1. The number of nitrogens with zero attached hydrogens (tertiary/aromatic N) is 3. The van der Waals surface area contributed by atoms with Crippen LogP contribution in [-0.2, 0) is 9.53 Å². The highest BCUT2D eigenvalue weighted by Crippen LogP contribution is 2.20. The number of amides is 1. The van der Waals surface area contributed by atoms with Gasteiger partial charge in [-0.25, -0.2) is 9.89 Å². The van der Waals surface area contributed by atoms with E-state index in [9.17, 15) is 14.4 Å². The van der Waals surface area contributed by atoms with Gasteiger partial charge in [0.2, 0.25) is 0 Å². The Morgan fingerprint density at radius 3 is 2.35 bits per heavy atom. The monoisotopic (exact) mass is 422 g/mol. The van der Waals surface area contributed by atoms with Crippen molar-refractivity contribution >= 4 is 28.3 Å². The van der Waals surface area contributed by atoms with Gasteiger partial charge in [-0.3, -0.25) is 9.59 Å². The number of H-pyrrole nitrogens is 1. The lowest BCUT2D eigenvalue weighted by Crippen LogP contribution is -2.49. The summed E-state index contributed by atoms with van der Waals surface area (Å²) >= 11 is 0. The van der Waals surface area contributed by atoms with Crippen molar-refractivity contribution in [2.75, 3.05) is 44.8 Å². The van der Waals surface area contributed by atoms with E-state index in [0.717, 1.165) is 11.4 Å². The van der Waals surface area contributed by atoms with E-state index in [1.807, 2.05) is 24.3 Å². The fraction of sp³-hybridized carbons (Fsp3) is 0.273. The Morgan fingerprint density at radius 2 is 1.68 bits per heavy atom. The molecule has 3 aromatic rings. The zero-order valence-electron chi connectivity index (χ0n) is 17.0. The molecule has 0 atom stereocenters. The van der Waals surface area contributed by atoms with Crippen LogP contribution >= 0.6 is 0 Å². The minimum atomic E-state index is -0.752. The highest BCUT2D eigenvalue weighted by atomic mass is 16.5. The van der Waals surface area contributed by atoms with Gasteiger partial charge in [-0.1, -0.05) is 18.2 Å². The third-order valence-corrected chi connectivity index (χ3v) is 5.29. The first kappa shape index (κ1) is 20.4. The van der Waals surface area contributed by atoms with Crippen LogP contribution in [0.25, 0.3) is 10.8 Å². The number of carbonyl (C=O) groups is 2. The molecular weight excluding hydrogens is 400 g/mol. The van der Waals surface area contributed by atoms with E-state index >= 15 is 0 Å². The minimum absolute atomic E-state index is 0.0210. The summed E-state index contributed by atoms with van der Waals surface area (Å²) < 4.78 is 10.4. The molecule has 0 bridgehead atoms. The molecule has 1 fully saturated rings. The summed E-state index contributed by atoms with van der Waals surface area (Å²) in [5.74, 6) is -0.224. The topological polar surface area (TPSA) is 105 Å². The smallest absolute Gasteiger partial charge is 0.359 e. The molecule has 1 aliphatic rings. The molecule has 1 aliphatic heterocycles. The number of aromatic nitrogens is 2. The lowest BCUT2D eigenvalue weighted by atomic mass is 10.1. The van der Waals surface area contributed by atoms with Gasteiger partial charge in [0.15, 0.2) is 12.3 Å². The average Bonchev–Trinajstić information content (AvgIpc) is 2.83. The van der Waals surface area contributed by atoms with Gasteiger partial charge in [-0.2, -0.15) is 5.10 Å². The van der Waals surface area contributed by atoms with Crippen LogP contribution in [0.3, 0.4) is 0 Å². The predicted molar refractivity (Wildman–Crippen MR) is 114 cm³/mol. The number of benzene rings is 2. The van der Waals surface area contributed by atoms with Gasteiger partial charge in [-0.05, 0) is 30.3 Å². The van der Waals surface area contributed by atoms with Crippen LogP contribution < -0.4 is 15.2 Å². The third kappa shape index (κ3) is 4.35. The zero-order chi connectivity index (χ0) is 21.8. The van der Waals surface area contributed by atoms with Crippen LogP contribution in [0, 0.1) is 0 Å². The second-order valence-electron chi connectivity index (χ2n) is 7.09. The van der Waals surface area contributed by atoms with E-state index in [1.165, 1.54) is 0 Å². The van der Waals surface area contributed by atoms with Gasteiger partial charge in [0.1, 0.15) is 5.75 Å². The van der Waals surface area contributed by atoms with Crippen molar-refractivity contribution in [3.8, 4) is 5.75 Å². The molecule has 1 amide bonds. The highest BCUT2D eigenvalue weighted by Gasteiger charge is 2.23. The molecule has 1 saturated heterocycles. The van der Waals surface area contributed by atoms with E-state index in [0.29, 0.717) is 37.0 Å². The SMILES string of the molecule is COc1ccc(N2CCN(C(=O)COC(=O)c3n[nH]c(=O)c4ccccc34)CC2)cc1. The van der Waals surface area contributed by atoms with Gasteiger partial charge in [-0.15, -0.1) is 0 Å². The maximum Gasteiger partial charge on any atom is 0.359 e. The van der Waals surface area contributed by atoms with Crippen molar-refractivity contribution in [3.63, 3.8) is 0 Å². The first-order valence-electron chi connectivity index (χ1n) is 9.88. The molecule has 0 unspecified atom stereocenters. The maximum atomic E-state index is 12.5. The molecule has 9 nitrogen and oxygen atoms in total. The number of anilines is 1. The van der Waals surface area contributed by atoms with Crippen LogP contribution in [0.1, 0.15) is 10.5 Å². The number of esters is 1. The van der Waals surface area contributed by atoms with Crippen molar-refractivity contribution in [2.45, 2.75) is 0 Å². The summed E-state index contributed by atoms with van der Waals surface area (Å²) in [5, 5.41) is 6.81. The molecule has 1 N–H and O–H groups in total. The Hall–Kier alpha value is -3.88. The van der Waals surface area contributed by atoms with Crippen molar-refractivity contribution in [3.05, 3.63) is 64.6 Å². The van der Waals surface area contributed by atoms with Crippen LogP contribution in [0.15, 0.2) is 53.3 Å². The second kappa shape index (κ2) is 8.86. The number of fused-ring (bicyclic) bond motifs is 1. The van der Waals surface area contributed by atoms with E-state index in [-0.39, 0.29) is 18.2 Å². The van der Waals surface area contributed by atoms with E-state index in [4.69, 9.17) is 9.47 Å². The van der Waals surface area contributed by atoms with Crippen LogP contribution in [0.2, 0.25) is 0 Å². The Morgan fingerprint density at radius 1 is 1.00 bits per heavy atom. The molecule has 2 heterocycles. The number of hydrogen-bond acceptors (Lipinski definition) is 7. The molecule has 2 aromatic carbocycles. The number of aromatic amines is 1. The number of ether oxygens (including phenoxy) is 2. The summed E-state index contributed by atoms with van der Waals surface area (Å²) in [6, 6.07) is 14.4. The summed E-state index contributed by atoms with van der Waals surface area (Å²) in [6.07, 6.45) is 0. The molecule has 0 radical (unpaired) electrons. The quantitative estimate of drug-likeness (QED) is 0.620. The highest BCUT2D eigenvalue weighted by molar-refractivity contribution is 6.02. The molecule has 1 aromatic heterocycles. The molecule has 4 rings (SSSR count). The molecule has 0 aliphatic carbocycles. The fourth-order valence-corrected chi connectivity index (χ4v) is 3.56. The molecular formula is C22H22N4O5. The first-order chi connectivity index (χ1) is 15.1. The zero-order valence-corrected chi connectivity index (χ0v) is 17.0. The minimum Gasteiger partial charge on any atom is -0.497 e. The lowest BCUT2D eigenvalue weighted by Gasteiger charge is -2.36. The molecule has 9 heteroatoms. The third-order valence-electron chi connectivity index (χ3n) is 5.29. The van der Waals surface area contributed by atoms with Gasteiger partial charge < -0.3 is 19.3 Å². The fourth-order valence-electron chi connectivity index (χ4n) is 3.56. The van der Waals surface area contributed by atoms with E-state index in [2.05, 4.69) is 15.1 Å². The van der Waals surface area contributed by atoms with Crippen molar-refractivity contribution < 1.29 is 19.1 Å². The Balaban J connectivity index is 1.33. The van der Waals surface area contributed by atoms with Gasteiger partial charge >= 0.3 is 5.97 Å². The number of piperazine rings is 1. The molecule has 31 heavy (non-hydrogen) atoms.